The van der Waals surface area contributed by atoms with Crippen molar-refractivity contribution in [1.29, 1.82) is 0 Å². The smallest absolute Gasteiger partial charge is 0.407 e. The zero-order chi connectivity index (χ0) is 21.2. The number of alkyl carbamates (subject to hydrolysis) is 1. The first-order valence-corrected chi connectivity index (χ1v) is 9.37. The first-order chi connectivity index (χ1) is 13.0. The highest BCUT2D eigenvalue weighted by Gasteiger charge is 2.15. The monoisotopic (exact) mass is 389 g/mol. The lowest BCUT2D eigenvalue weighted by molar-refractivity contribution is -0.121. The second kappa shape index (κ2) is 11.1. The second-order valence-corrected chi connectivity index (χ2v) is 7.74. The van der Waals surface area contributed by atoms with E-state index in [1.54, 1.807) is 32.9 Å². The predicted octanol–water partition coefficient (Wildman–Crippen LogP) is 3.37. The van der Waals surface area contributed by atoms with Gasteiger partial charge in [0.05, 0.1) is 0 Å². The van der Waals surface area contributed by atoms with Gasteiger partial charge in [0.1, 0.15) is 5.60 Å². The largest absolute Gasteiger partial charge is 0.444 e. The van der Waals surface area contributed by atoms with Gasteiger partial charge in [0.15, 0.2) is 0 Å². The molecule has 0 saturated carbocycles. The molecule has 1 aromatic rings. The van der Waals surface area contributed by atoms with E-state index >= 15 is 0 Å². The lowest BCUT2D eigenvalue weighted by Crippen LogP contribution is -2.35. The minimum atomic E-state index is -0.567. The summed E-state index contributed by atoms with van der Waals surface area (Å²) in [6.45, 7) is 9.90. The van der Waals surface area contributed by atoms with Gasteiger partial charge in [-0.15, -0.1) is 0 Å². The lowest BCUT2D eigenvalue weighted by Gasteiger charge is -2.19. The van der Waals surface area contributed by atoms with Gasteiger partial charge in [-0.05, 0) is 50.5 Å². The summed E-state index contributed by atoms with van der Waals surface area (Å²) in [6, 6.07) is 7.24. The number of ether oxygens (including phenoxy) is 1. The van der Waals surface area contributed by atoms with E-state index in [9.17, 15) is 14.4 Å². The van der Waals surface area contributed by atoms with Gasteiger partial charge >= 0.3 is 6.09 Å². The molecule has 0 aliphatic rings. The van der Waals surface area contributed by atoms with Crippen LogP contribution >= 0.6 is 0 Å². The lowest BCUT2D eigenvalue weighted by atomic mass is 10.2. The summed E-state index contributed by atoms with van der Waals surface area (Å²) >= 11 is 0. The van der Waals surface area contributed by atoms with Crippen molar-refractivity contribution in [2.75, 3.05) is 11.9 Å². The van der Waals surface area contributed by atoms with Gasteiger partial charge in [-0.3, -0.25) is 9.59 Å². The fraction of sp³-hybridized carbons (Fsp3) is 0.476. The molecule has 0 unspecified atom stereocenters. The molecule has 1 rings (SSSR count). The summed E-state index contributed by atoms with van der Waals surface area (Å²) in [6.07, 6.45) is 2.97. The van der Waals surface area contributed by atoms with Crippen LogP contribution < -0.4 is 16.0 Å². The maximum atomic E-state index is 11.9. The molecule has 0 heterocycles. The highest BCUT2D eigenvalue weighted by atomic mass is 16.6. The Morgan fingerprint density at radius 1 is 1.07 bits per heavy atom. The zero-order valence-corrected chi connectivity index (χ0v) is 17.3. The molecule has 154 valence electrons. The number of anilines is 1. The van der Waals surface area contributed by atoms with Gasteiger partial charge in [0.25, 0.3) is 0 Å². The average molecular weight is 389 g/mol. The molecule has 0 fully saturated rings. The Morgan fingerprint density at radius 2 is 1.71 bits per heavy atom. The summed E-state index contributed by atoms with van der Waals surface area (Å²) < 4.78 is 5.10. The standard InChI is InChI=1S/C21H31N3O4/c1-15(2)6-11-19(26)24-17-9-7-16(8-10-17)14-23-18(25)12-13-22-20(27)28-21(3,4)5/h6-11,15H,12-14H2,1-5H3,(H,22,27)(H,23,25)(H,24,26)/b11-6+. The summed E-state index contributed by atoms with van der Waals surface area (Å²) in [5, 5.41) is 8.11. The first-order valence-electron chi connectivity index (χ1n) is 9.37. The van der Waals surface area contributed by atoms with E-state index in [1.165, 1.54) is 6.08 Å². The quantitative estimate of drug-likeness (QED) is 0.594. The highest BCUT2D eigenvalue weighted by Crippen LogP contribution is 2.10. The van der Waals surface area contributed by atoms with E-state index < -0.39 is 11.7 Å². The molecule has 0 spiro atoms. The van der Waals surface area contributed by atoms with Gasteiger partial charge in [-0.2, -0.15) is 0 Å². The molecule has 7 nitrogen and oxygen atoms in total. The second-order valence-electron chi connectivity index (χ2n) is 7.74. The number of hydrogen-bond donors (Lipinski definition) is 3. The maximum Gasteiger partial charge on any atom is 0.407 e. The van der Waals surface area contributed by atoms with Gasteiger partial charge in [0, 0.05) is 25.2 Å². The number of rotatable bonds is 8. The van der Waals surface area contributed by atoms with Crippen LogP contribution in [-0.4, -0.2) is 30.1 Å². The van der Waals surface area contributed by atoms with Crippen LogP contribution in [0.15, 0.2) is 36.4 Å². The van der Waals surface area contributed by atoms with E-state index in [0.29, 0.717) is 18.2 Å². The Bertz CT molecular complexity index is 689. The molecule has 0 aromatic heterocycles. The molecule has 7 heteroatoms. The molecular weight excluding hydrogens is 358 g/mol. The fourth-order valence-electron chi connectivity index (χ4n) is 2.05. The third-order valence-corrected chi connectivity index (χ3v) is 3.36. The van der Waals surface area contributed by atoms with Crippen LogP contribution in [0.3, 0.4) is 0 Å². The van der Waals surface area contributed by atoms with Crippen molar-refractivity contribution < 1.29 is 19.1 Å². The predicted molar refractivity (Wildman–Crippen MR) is 110 cm³/mol. The van der Waals surface area contributed by atoms with Crippen LogP contribution in [0.5, 0.6) is 0 Å². The highest BCUT2D eigenvalue weighted by molar-refractivity contribution is 5.99. The van der Waals surface area contributed by atoms with Gasteiger partial charge in [0.2, 0.25) is 11.8 Å². The minimum Gasteiger partial charge on any atom is -0.444 e. The molecule has 0 radical (unpaired) electrons. The zero-order valence-electron chi connectivity index (χ0n) is 17.3. The number of carbonyl (C=O) groups is 3. The Kier molecular flexibility index (Phi) is 9.21. The summed E-state index contributed by atoms with van der Waals surface area (Å²) in [5.74, 6) is -0.0319. The van der Waals surface area contributed by atoms with Crippen LogP contribution in [0.4, 0.5) is 10.5 Å². The van der Waals surface area contributed by atoms with Crippen LogP contribution in [0, 0.1) is 5.92 Å². The normalized spacial score (nSPS) is 11.4. The van der Waals surface area contributed by atoms with E-state index in [-0.39, 0.29) is 24.8 Å². The fourth-order valence-corrected chi connectivity index (χ4v) is 2.05. The number of hydrogen-bond acceptors (Lipinski definition) is 4. The van der Waals surface area contributed by atoms with Crippen LogP contribution in [0.2, 0.25) is 0 Å². The molecule has 1 aromatic carbocycles. The summed E-state index contributed by atoms with van der Waals surface area (Å²) in [7, 11) is 0. The molecule has 0 saturated heterocycles. The number of benzene rings is 1. The molecule has 3 amide bonds. The van der Waals surface area contributed by atoms with Gasteiger partial charge in [-0.25, -0.2) is 4.79 Å². The van der Waals surface area contributed by atoms with Crippen molar-refractivity contribution in [2.24, 2.45) is 5.92 Å². The molecule has 0 atom stereocenters. The molecular formula is C21H31N3O4. The molecule has 0 bridgehead atoms. The van der Waals surface area contributed by atoms with Crippen LogP contribution in [-0.2, 0) is 20.9 Å². The van der Waals surface area contributed by atoms with E-state index in [1.807, 2.05) is 32.1 Å². The molecule has 3 N–H and O–H groups in total. The van der Waals surface area contributed by atoms with Crippen molar-refractivity contribution in [1.82, 2.24) is 10.6 Å². The third-order valence-electron chi connectivity index (χ3n) is 3.36. The van der Waals surface area contributed by atoms with E-state index in [2.05, 4.69) is 16.0 Å². The SMILES string of the molecule is CC(C)/C=C/C(=O)Nc1ccc(CNC(=O)CCNC(=O)OC(C)(C)C)cc1. The van der Waals surface area contributed by atoms with Crippen molar-refractivity contribution in [3.63, 3.8) is 0 Å². The van der Waals surface area contributed by atoms with Crippen molar-refractivity contribution in [3.8, 4) is 0 Å². The average Bonchev–Trinajstić information content (AvgIpc) is 2.58. The van der Waals surface area contributed by atoms with Crippen molar-refractivity contribution in [3.05, 3.63) is 42.0 Å². The van der Waals surface area contributed by atoms with Gasteiger partial charge < -0.3 is 20.7 Å². The topological polar surface area (TPSA) is 96.5 Å². The van der Waals surface area contributed by atoms with Crippen molar-refractivity contribution >= 4 is 23.6 Å². The Labute approximate surface area is 166 Å². The summed E-state index contributed by atoms with van der Waals surface area (Å²) in [4.78, 5) is 35.1. The number of carbonyl (C=O) groups excluding carboxylic acids is 3. The third kappa shape index (κ3) is 11.0. The van der Waals surface area contributed by atoms with Crippen molar-refractivity contribution in [2.45, 2.75) is 53.2 Å². The molecule has 28 heavy (non-hydrogen) atoms. The maximum absolute atomic E-state index is 11.9. The molecule has 0 aliphatic heterocycles. The number of allylic oxidation sites excluding steroid dienone is 1. The minimum absolute atomic E-state index is 0.162. The number of nitrogens with one attached hydrogen (secondary N) is 3. The number of amides is 3. The summed E-state index contributed by atoms with van der Waals surface area (Å²) in [5.41, 5.74) is 1.03. The Balaban J connectivity index is 2.32. The Morgan fingerprint density at radius 3 is 2.29 bits per heavy atom. The van der Waals surface area contributed by atoms with E-state index in [0.717, 1.165) is 5.56 Å². The Hall–Kier alpha value is -2.83. The molecule has 0 aliphatic carbocycles. The van der Waals surface area contributed by atoms with E-state index in [4.69, 9.17) is 4.74 Å². The van der Waals surface area contributed by atoms with Crippen LogP contribution in [0.25, 0.3) is 0 Å². The van der Waals surface area contributed by atoms with Crippen LogP contribution in [0.1, 0.15) is 46.6 Å². The van der Waals surface area contributed by atoms with Gasteiger partial charge in [-0.1, -0.05) is 32.1 Å². The first kappa shape index (κ1) is 23.2.